The number of H-pyrrole nitrogens is 1. The van der Waals surface area contributed by atoms with Crippen LogP contribution in [0.1, 0.15) is 42.4 Å². The summed E-state index contributed by atoms with van der Waals surface area (Å²) >= 11 is 6.01. The van der Waals surface area contributed by atoms with Gasteiger partial charge in [-0.1, -0.05) is 42.8 Å². The maximum absolute atomic E-state index is 12.5. The van der Waals surface area contributed by atoms with Gasteiger partial charge in [-0.25, -0.2) is 0 Å². The Morgan fingerprint density at radius 1 is 1.14 bits per heavy atom. The Kier molecular flexibility index (Phi) is 6.11. The van der Waals surface area contributed by atoms with Crippen molar-refractivity contribution in [1.82, 2.24) is 15.5 Å². The Morgan fingerprint density at radius 3 is 2.57 bits per heavy atom. The fourth-order valence-corrected chi connectivity index (χ4v) is 2.89. The number of nitrogens with one attached hydrogen (secondary N) is 3. The molecule has 0 fully saturated rings. The second-order valence-corrected chi connectivity index (χ2v) is 6.83. The van der Waals surface area contributed by atoms with Crippen LogP contribution in [0.4, 0.5) is 5.69 Å². The third-order valence-corrected chi connectivity index (χ3v) is 4.54. The number of rotatable bonds is 6. The van der Waals surface area contributed by atoms with Crippen LogP contribution in [0, 0.1) is 0 Å². The van der Waals surface area contributed by atoms with E-state index in [0.717, 1.165) is 16.8 Å². The minimum absolute atomic E-state index is 0.0381. The highest BCUT2D eigenvalue weighted by molar-refractivity contribution is 6.30. The lowest BCUT2D eigenvalue weighted by Gasteiger charge is -2.14. The molecule has 1 atom stereocenters. The molecule has 2 amide bonds. The van der Waals surface area contributed by atoms with Gasteiger partial charge in [0.1, 0.15) is 5.69 Å². The third-order valence-electron chi connectivity index (χ3n) is 4.31. The fraction of sp³-hybridized carbons (Fsp3) is 0.190. The number of hydrogen-bond donors (Lipinski definition) is 3. The lowest BCUT2D eigenvalue weighted by molar-refractivity contribution is -0.115. The molecule has 0 saturated heterocycles. The molecule has 3 rings (SSSR count). The highest BCUT2D eigenvalue weighted by Crippen LogP contribution is 2.22. The quantitative estimate of drug-likeness (QED) is 0.570. The predicted molar refractivity (Wildman–Crippen MR) is 110 cm³/mol. The second-order valence-electron chi connectivity index (χ2n) is 6.40. The van der Waals surface area contributed by atoms with E-state index in [-0.39, 0.29) is 17.9 Å². The molecule has 28 heavy (non-hydrogen) atoms. The van der Waals surface area contributed by atoms with Gasteiger partial charge in [0.15, 0.2) is 0 Å². The average Bonchev–Trinajstić information content (AvgIpc) is 3.19. The summed E-state index contributed by atoms with van der Waals surface area (Å²) in [6.45, 7) is 3.69. The Balaban J connectivity index is 1.65. The maximum atomic E-state index is 12.5. The number of aromatic amines is 1. The van der Waals surface area contributed by atoms with Crippen molar-refractivity contribution in [3.05, 3.63) is 70.9 Å². The first kappa shape index (κ1) is 19.6. The van der Waals surface area contributed by atoms with E-state index in [9.17, 15) is 9.59 Å². The molecule has 0 spiro atoms. The molecule has 1 aromatic heterocycles. The number of halogens is 1. The lowest BCUT2D eigenvalue weighted by atomic mass is 10.1. The first-order chi connectivity index (χ1) is 13.5. The minimum atomic E-state index is -0.253. The van der Waals surface area contributed by atoms with Gasteiger partial charge in [0, 0.05) is 22.7 Å². The van der Waals surface area contributed by atoms with E-state index in [2.05, 4.69) is 20.8 Å². The summed E-state index contributed by atoms with van der Waals surface area (Å²) < 4.78 is 0. The van der Waals surface area contributed by atoms with Crippen LogP contribution >= 0.6 is 11.6 Å². The van der Waals surface area contributed by atoms with Crippen molar-refractivity contribution in [2.75, 3.05) is 5.32 Å². The van der Waals surface area contributed by atoms with Crippen molar-refractivity contribution in [2.45, 2.75) is 26.3 Å². The standard InChI is InChI=1S/C21H21ClN4O2/c1-3-20(27)24-17-9-7-14(8-10-17)13(2)23-21(28)19-12-18(25-26-19)15-5-4-6-16(22)11-15/h4-13H,3H2,1-2H3,(H,23,28)(H,24,27)(H,25,26). The Bertz CT molecular complexity index is 982. The second kappa shape index (κ2) is 8.71. The molecule has 0 saturated carbocycles. The van der Waals surface area contributed by atoms with Crippen LogP contribution in [0.3, 0.4) is 0 Å². The molecule has 0 bridgehead atoms. The van der Waals surface area contributed by atoms with Crippen molar-refractivity contribution >= 4 is 29.1 Å². The van der Waals surface area contributed by atoms with Gasteiger partial charge in [-0.3, -0.25) is 14.7 Å². The lowest BCUT2D eigenvalue weighted by Crippen LogP contribution is -2.26. The van der Waals surface area contributed by atoms with E-state index in [4.69, 9.17) is 11.6 Å². The zero-order valence-electron chi connectivity index (χ0n) is 15.6. The predicted octanol–water partition coefficient (Wildman–Crippen LogP) is 4.57. The summed E-state index contributed by atoms with van der Waals surface area (Å²) in [4.78, 5) is 24.0. The van der Waals surface area contributed by atoms with Crippen LogP contribution in [0.2, 0.25) is 5.02 Å². The number of anilines is 1. The number of nitrogens with zero attached hydrogens (tertiary/aromatic N) is 1. The normalized spacial score (nSPS) is 11.7. The van der Waals surface area contributed by atoms with Crippen LogP contribution in [0.25, 0.3) is 11.3 Å². The molecule has 7 heteroatoms. The minimum Gasteiger partial charge on any atom is -0.344 e. The maximum Gasteiger partial charge on any atom is 0.269 e. The molecule has 0 radical (unpaired) electrons. The molecule has 6 nitrogen and oxygen atoms in total. The van der Waals surface area contributed by atoms with E-state index < -0.39 is 0 Å². The molecular weight excluding hydrogens is 376 g/mol. The summed E-state index contributed by atoms with van der Waals surface area (Å²) in [6.07, 6.45) is 0.426. The largest absolute Gasteiger partial charge is 0.344 e. The van der Waals surface area contributed by atoms with E-state index in [0.29, 0.717) is 22.8 Å². The van der Waals surface area contributed by atoms with E-state index in [1.54, 1.807) is 25.1 Å². The Labute approximate surface area is 168 Å². The van der Waals surface area contributed by atoms with E-state index in [1.807, 2.05) is 43.3 Å². The van der Waals surface area contributed by atoms with E-state index >= 15 is 0 Å². The molecule has 0 aliphatic rings. The fourth-order valence-electron chi connectivity index (χ4n) is 2.70. The zero-order chi connectivity index (χ0) is 20.1. The van der Waals surface area contributed by atoms with Gasteiger partial charge in [0.2, 0.25) is 5.91 Å². The molecular formula is C21H21ClN4O2. The Morgan fingerprint density at radius 2 is 1.89 bits per heavy atom. The number of amides is 2. The summed E-state index contributed by atoms with van der Waals surface area (Å²) in [5, 5.41) is 13.3. The number of carbonyl (C=O) groups excluding carboxylic acids is 2. The smallest absolute Gasteiger partial charge is 0.269 e. The van der Waals surface area contributed by atoms with Crippen molar-refractivity contribution in [1.29, 1.82) is 0 Å². The average molecular weight is 397 g/mol. The van der Waals surface area contributed by atoms with Crippen molar-refractivity contribution in [2.24, 2.45) is 0 Å². The van der Waals surface area contributed by atoms with Crippen LogP contribution in [-0.4, -0.2) is 22.0 Å². The van der Waals surface area contributed by atoms with Gasteiger partial charge in [0.25, 0.3) is 5.91 Å². The monoisotopic (exact) mass is 396 g/mol. The summed E-state index contributed by atoms with van der Waals surface area (Å²) in [5.74, 6) is -0.291. The van der Waals surface area contributed by atoms with Gasteiger partial charge in [-0.2, -0.15) is 5.10 Å². The molecule has 1 unspecified atom stereocenters. The number of hydrogen-bond acceptors (Lipinski definition) is 3. The van der Waals surface area contributed by atoms with Gasteiger partial charge in [0.05, 0.1) is 11.7 Å². The molecule has 1 heterocycles. The van der Waals surface area contributed by atoms with Gasteiger partial charge in [-0.05, 0) is 42.8 Å². The molecule has 144 valence electrons. The molecule has 0 aliphatic heterocycles. The van der Waals surface area contributed by atoms with Gasteiger partial charge >= 0.3 is 0 Å². The molecule has 3 aromatic rings. The number of carbonyl (C=O) groups is 2. The SMILES string of the molecule is CCC(=O)Nc1ccc(C(C)NC(=O)c2cc(-c3cccc(Cl)c3)n[nH]2)cc1. The number of aromatic nitrogens is 2. The summed E-state index contributed by atoms with van der Waals surface area (Å²) in [5.41, 5.74) is 3.51. The van der Waals surface area contributed by atoms with Gasteiger partial charge in [-0.15, -0.1) is 0 Å². The highest BCUT2D eigenvalue weighted by atomic mass is 35.5. The molecule has 0 aliphatic carbocycles. The van der Waals surface area contributed by atoms with Gasteiger partial charge < -0.3 is 10.6 Å². The Hall–Kier alpha value is -3.12. The molecule has 3 N–H and O–H groups in total. The van der Waals surface area contributed by atoms with Crippen molar-refractivity contribution in [3.63, 3.8) is 0 Å². The van der Waals surface area contributed by atoms with Crippen molar-refractivity contribution in [3.8, 4) is 11.3 Å². The van der Waals surface area contributed by atoms with Crippen LogP contribution in [-0.2, 0) is 4.79 Å². The third kappa shape index (κ3) is 4.78. The van der Waals surface area contributed by atoms with Crippen LogP contribution in [0.15, 0.2) is 54.6 Å². The summed E-state index contributed by atoms with van der Waals surface area (Å²) in [7, 11) is 0. The van der Waals surface area contributed by atoms with Crippen LogP contribution < -0.4 is 10.6 Å². The highest BCUT2D eigenvalue weighted by Gasteiger charge is 2.15. The van der Waals surface area contributed by atoms with Crippen molar-refractivity contribution < 1.29 is 9.59 Å². The molecule has 2 aromatic carbocycles. The topological polar surface area (TPSA) is 86.9 Å². The zero-order valence-corrected chi connectivity index (χ0v) is 16.4. The van der Waals surface area contributed by atoms with Crippen LogP contribution in [0.5, 0.6) is 0 Å². The number of benzene rings is 2. The van der Waals surface area contributed by atoms with E-state index in [1.165, 1.54) is 0 Å². The first-order valence-corrected chi connectivity index (χ1v) is 9.36. The summed E-state index contributed by atoms with van der Waals surface area (Å²) in [6, 6.07) is 16.2. The first-order valence-electron chi connectivity index (χ1n) is 8.98.